The van der Waals surface area contributed by atoms with E-state index in [1.54, 1.807) is 11.3 Å². The number of nitrogens with zero attached hydrogens (tertiary/aromatic N) is 2. The molecule has 1 fully saturated rings. The molecule has 2 heterocycles. The average Bonchev–Trinajstić information content (AvgIpc) is 2.99. The van der Waals surface area contributed by atoms with Crippen molar-refractivity contribution in [2.45, 2.75) is 18.4 Å². The Morgan fingerprint density at radius 2 is 1.95 bits per heavy atom. The fraction of sp³-hybridized carbons (Fsp3) is 0.333. The number of benzene rings is 1. The Morgan fingerprint density at radius 1 is 1.21 bits per heavy atom. The molecule has 4 heteroatoms. The molecular weight excluding hydrogens is 256 g/mol. The molecule has 2 aromatic rings. The van der Waals surface area contributed by atoms with Crippen LogP contribution >= 0.6 is 11.3 Å². The molecule has 3 nitrogen and oxygen atoms in total. The minimum absolute atomic E-state index is 0.470. The molecule has 3 rings (SSSR count). The van der Waals surface area contributed by atoms with Crippen molar-refractivity contribution in [3.8, 4) is 10.6 Å². The zero-order valence-electron chi connectivity index (χ0n) is 10.5. The molecule has 0 radical (unpaired) electrons. The zero-order chi connectivity index (χ0) is 13.1. The lowest BCUT2D eigenvalue weighted by atomic mass is 9.88. The first-order valence-electron chi connectivity index (χ1n) is 6.32. The summed E-state index contributed by atoms with van der Waals surface area (Å²) in [5.74, 6) is 0. The predicted octanol–water partition coefficient (Wildman–Crippen LogP) is 3.74. The quantitative estimate of drug-likeness (QED) is 0.777. The number of hydrogen-bond donors (Lipinski definition) is 0. The topological polar surface area (TPSA) is 26.5 Å². The third-order valence-corrected chi connectivity index (χ3v) is 4.43. The normalized spacial score (nSPS) is 17.8. The van der Waals surface area contributed by atoms with Crippen molar-refractivity contribution in [1.29, 1.82) is 0 Å². The molecular formula is C15H14N2OS. The van der Waals surface area contributed by atoms with Crippen LogP contribution in [0.25, 0.3) is 15.4 Å². The predicted molar refractivity (Wildman–Crippen MR) is 75.9 cm³/mol. The van der Waals surface area contributed by atoms with Gasteiger partial charge in [-0.1, -0.05) is 30.3 Å². The summed E-state index contributed by atoms with van der Waals surface area (Å²) in [6, 6.07) is 10.1. The van der Waals surface area contributed by atoms with E-state index in [4.69, 9.17) is 16.3 Å². The summed E-state index contributed by atoms with van der Waals surface area (Å²) in [7, 11) is 0. The highest BCUT2D eigenvalue weighted by Gasteiger charge is 2.43. The second-order valence-electron chi connectivity index (χ2n) is 4.66. The van der Waals surface area contributed by atoms with Crippen LogP contribution in [0.15, 0.2) is 35.7 Å². The summed E-state index contributed by atoms with van der Waals surface area (Å²) in [6.07, 6.45) is 1.49. The number of thiazole rings is 1. The zero-order valence-corrected chi connectivity index (χ0v) is 11.3. The van der Waals surface area contributed by atoms with E-state index in [9.17, 15) is 0 Å². The van der Waals surface area contributed by atoms with E-state index in [1.807, 2.05) is 23.6 Å². The van der Waals surface area contributed by atoms with Gasteiger partial charge in [0.05, 0.1) is 26.1 Å². The Kier molecular flexibility index (Phi) is 3.33. The van der Waals surface area contributed by atoms with Gasteiger partial charge in [0.25, 0.3) is 5.54 Å². The van der Waals surface area contributed by atoms with Gasteiger partial charge in [0, 0.05) is 10.9 Å². The fourth-order valence-electron chi connectivity index (χ4n) is 2.34. The van der Waals surface area contributed by atoms with Gasteiger partial charge in [-0.05, 0) is 0 Å². The summed E-state index contributed by atoms with van der Waals surface area (Å²) in [4.78, 5) is 8.57. The Bertz CT molecular complexity index is 594. The molecule has 19 heavy (non-hydrogen) atoms. The number of aromatic nitrogens is 1. The van der Waals surface area contributed by atoms with Crippen molar-refractivity contribution >= 4 is 11.3 Å². The Morgan fingerprint density at radius 3 is 2.63 bits per heavy atom. The van der Waals surface area contributed by atoms with Crippen LogP contribution in [-0.2, 0) is 10.3 Å². The largest absolute Gasteiger partial charge is 0.381 e. The van der Waals surface area contributed by atoms with E-state index in [0.717, 1.165) is 29.1 Å². The molecule has 1 aliphatic rings. The van der Waals surface area contributed by atoms with Crippen molar-refractivity contribution in [3.05, 3.63) is 52.8 Å². The molecule has 1 aromatic heterocycles. The molecule has 0 spiro atoms. The third kappa shape index (κ3) is 2.27. The van der Waals surface area contributed by atoms with E-state index in [2.05, 4.69) is 17.0 Å². The van der Waals surface area contributed by atoms with Gasteiger partial charge in [-0.15, -0.1) is 11.3 Å². The SMILES string of the molecule is [C-]#[N+]C1(c2csc(-c3ccccc3)n2)CCOCC1. The van der Waals surface area contributed by atoms with Gasteiger partial charge in [0.2, 0.25) is 0 Å². The van der Waals surface area contributed by atoms with Crippen molar-refractivity contribution in [1.82, 2.24) is 4.98 Å². The Balaban J connectivity index is 1.95. The molecule has 0 saturated carbocycles. The van der Waals surface area contributed by atoms with Crippen LogP contribution < -0.4 is 0 Å². The highest BCUT2D eigenvalue weighted by Crippen LogP contribution is 2.38. The molecule has 1 aliphatic heterocycles. The van der Waals surface area contributed by atoms with Crippen LogP contribution in [0.5, 0.6) is 0 Å². The maximum absolute atomic E-state index is 7.53. The van der Waals surface area contributed by atoms with Gasteiger partial charge >= 0.3 is 0 Å². The maximum Gasteiger partial charge on any atom is 0.279 e. The molecule has 1 saturated heterocycles. The summed E-state index contributed by atoms with van der Waals surface area (Å²) < 4.78 is 5.37. The number of rotatable bonds is 2. The van der Waals surface area contributed by atoms with Gasteiger partial charge in [-0.25, -0.2) is 11.6 Å². The molecule has 0 N–H and O–H groups in total. The first kappa shape index (κ1) is 12.3. The van der Waals surface area contributed by atoms with Crippen LogP contribution in [0, 0.1) is 6.57 Å². The Labute approximate surface area is 116 Å². The van der Waals surface area contributed by atoms with Crippen LogP contribution in [0.2, 0.25) is 0 Å². The van der Waals surface area contributed by atoms with Crippen molar-refractivity contribution < 1.29 is 4.74 Å². The van der Waals surface area contributed by atoms with Crippen LogP contribution in [0.1, 0.15) is 18.5 Å². The van der Waals surface area contributed by atoms with E-state index in [0.29, 0.717) is 13.2 Å². The lowest BCUT2D eigenvalue weighted by Gasteiger charge is -2.24. The third-order valence-electron chi connectivity index (χ3n) is 3.54. The van der Waals surface area contributed by atoms with E-state index < -0.39 is 5.54 Å². The standard InChI is InChI=1S/C15H14N2OS/c1-16-15(7-9-18-10-8-15)13-11-19-14(17-13)12-5-3-2-4-6-12/h2-6,11H,7-10H2. The molecule has 0 atom stereocenters. The molecule has 0 bridgehead atoms. The van der Waals surface area contributed by atoms with Gasteiger partial charge < -0.3 is 9.58 Å². The average molecular weight is 270 g/mol. The van der Waals surface area contributed by atoms with Gasteiger partial charge in [-0.2, -0.15) is 0 Å². The molecule has 0 amide bonds. The molecule has 1 aromatic carbocycles. The lowest BCUT2D eigenvalue weighted by molar-refractivity contribution is 0.0636. The van der Waals surface area contributed by atoms with E-state index in [1.165, 1.54) is 0 Å². The monoisotopic (exact) mass is 270 g/mol. The molecule has 0 aliphatic carbocycles. The molecule has 96 valence electrons. The number of ether oxygens (including phenoxy) is 1. The van der Waals surface area contributed by atoms with Crippen molar-refractivity contribution in [3.63, 3.8) is 0 Å². The van der Waals surface area contributed by atoms with Crippen LogP contribution in [0.4, 0.5) is 0 Å². The Hall–Kier alpha value is -1.70. The summed E-state index contributed by atoms with van der Waals surface area (Å²) >= 11 is 1.61. The molecule has 0 unspecified atom stereocenters. The van der Waals surface area contributed by atoms with Gasteiger partial charge in [-0.3, -0.25) is 0 Å². The highest BCUT2D eigenvalue weighted by molar-refractivity contribution is 7.13. The van der Waals surface area contributed by atoms with E-state index in [-0.39, 0.29) is 0 Å². The van der Waals surface area contributed by atoms with Crippen LogP contribution in [0.3, 0.4) is 0 Å². The van der Waals surface area contributed by atoms with Gasteiger partial charge in [0.15, 0.2) is 0 Å². The summed E-state index contributed by atoms with van der Waals surface area (Å²) in [5, 5.41) is 3.02. The highest BCUT2D eigenvalue weighted by atomic mass is 32.1. The minimum atomic E-state index is -0.470. The smallest absolute Gasteiger partial charge is 0.279 e. The summed E-state index contributed by atoms with van der Waals surface area (Å²) in [5.41, 5.74) is 1.56. The van der Waals surface area contributed by atoms with Crippen molar-refractivity contribution in [2.24, 2.45) is 0 Å². The second kappa shape index (κ2) is 5.12. The first-order valence-corrected chi connectivity index (χ1v) is 7.20. The maximum atomic E-state index is 7.53. The lowest BCUT2D eigenvalue weighted by Crippen LogP contribution is -2.30. The van der Waals surface area contributed by atoms with Crippen LogP contribution in [-0.4, -0.2) is 18.2 Å². The van der Waals surface area contributed by atoms with Crippen molar-refractivity contribution in [2.75, 3.05) is 13.2 Å². The fourth-order valence-corrected chi connectivity index (χ4v) is 3.25. The summed E-state index contributed by atoms with van der Waals surface area (Å²) in [6.45, 7) is 8.84. The first-order chi connectivity index (χ1) is 9.34. The minimum Gasteiger partial charge on any atom is -0.381 e. The number of hydrogen-bond acceptors (Lipinski definition) is 3. The second-order valence-corrected chi connectivity index (χ2v) is 5.52. The van der Waals surface area contributed by atoms with Gasteiger partial charge in [0.1, 0.15) is 10.7 Å². The van der Waals surface area contributed by atoms with E-state index >= 15 is 0 Å².